The number of ether oxygens (including phenoxy) is 2. The second-order valence-corrected chi connectivity index (χ2v) is 5.30. The minimum atomic E-state index is -0.720. The van der Waals surface area contributed by atoms with Gasteiger partial charge in [0.2, 0.25) is 0 Å². The molecule has 2 unspecified atom stereocenters. The minimum absolute atomic E-state index is 0.0844. The number of rotatable bonds is 6. The summed E-state index contributed by atoms with van der Waals surface area (Å²) in [6, 6.07) is 3.25. The molecule has 1 heterocycles. The zero-order valence-corrected chi connectivity index (χ0v) is 12.7. The summed E-state index contributed by atoms with van der Waals surface area (Å²) >= 11 is 6.04. The molecule has 0 bridgehead atoms. The molecule has 0 aliphatic carbocycles. The van der Waals surface area contributed by atoms with Gasteiger partial charge in [0, 0.05) is 18.2 Å². The molecule has 1 saturated heterocycles. The van der Waals surface area contributed by atoms with Crippen molar-refractivity contribution in [2.45, 2.75) is 31.9 Å². The maximum atomic E-state index is 13.2. The topological polar surface area (TPSA) is 47.6 Å². The van der Waals surface area contributed by atoms with Gasteiger partial charge in [-0.15, -0.1) is 0 Å². The van der Waals surface area contributed by atoms with Crippen molar-refractivity contribution in [2.75, 3.05) is 19.8 Å². The first-order chi connectivity index (χ1) is 10.1. The number of esters is 1. The zero-order valence-electron chi connectivity index (χ0n) is 11.9. The molecule has 1 fully saturated rings. The number of benzene rings is 1. The number of carbonyl (C=O) groups excluding carboxylic acids is 1. The molecule has 0 amide bonds. The van der Waals surface area contributed by atoms with E-state index in [1.165, 1.54) is 18.2 Å². The Morgan fingerprint density at radius 1 is 1.62 bits per heavy atom. The average molecular weight is 316 g/mol. The van der Waals surface area contributed by atoms with Gasteiger partial charge in [0.15, 0.2) is 0 Å². The van der Waals surface area contributed by atoms with Crippen LogP contribution in [0, 0.1) is 5.82 Å². The maximum Gasteiger partial charge on any atom is 0.327 e. The first-order valence-corrected chi connectivity index (χ1v) is 7.46. The van der Waals surface area contributed by atoms with Crippen LogP contribution in [-0.4, -0.2) is 31.8 Å². The van der Waals surface area contributed by atoms with Gasteiger partial charge in [0.05, 0.1) is 12.7 Å². The molecule has 0 saturated carbocycles. The largest absolute Gasteiger partial charge is 0.465 e. The third-order valence-electron chi connectivity index (χ3n) is 3.37. The highest BCUT2D eigenvalue weighted by Crippen LogP contribution is 2.25. The van der Waals surface area contributed by atoms with Crippen LogP contribution in [-0.2, 0) is 14.3 Å². The molecule has 0 spiro atoms. The summed E-state index contributed by atoms with van der Waals surface area (Å²) in [5.41, 5.74) is 0.509. The molecule has 116 valence electrons. The van der Waals surface area contributed by atoms with Crippen LogP contribution in [0.4, 0.5) is 4.39 Å². The lowest BCUT2D eigenvalue weighted by atomic mass is 10.1. The fourth-order valence-electron chi connectivity index (χ4n) is 2.34. The lowest BCUT2D eigenvalue weighted by molar-refractivity contribution is -0.146. The van der Waals surface area contributed by atoms with Crippen molar-refractivity contribution in [3.63, 3.8) is 0 Å². The van der Waals surface area contributed by atoms with Crippen LogP contribution in [0.2, 0.25) is 5.02 Å². The molecule has 0 radical (unpaired) electrons. The number of nitrogens with one attached hydrogen (secondary N) is 1. The predicted molar refractivity (Wildman–Crippen MR) is 77.8 cm³/mol. The van der Waals surface area contributed by atoms with E-state index in [-0.39, 0.29) is 17.7 Å². The minimum Gasteiger partial charge on any atom is -0.465 e. The van der Waals surface area contributed by atoms with E-state index in [9.17, 15) is 9.18 Å². The highest BCUT2D eigenvalue weighted by Gasteiger charge is 2.26. The van der Waals surface area contributed by atoms with E-state index in [4.69, 9.17) is 21.1 Å². The summed E-state index contributed by atoms with van der Waals surface area (Å²) in [6.07, 6.45) is 2.06. The van der Waals surface area contributed by atoms with Crippen molar-refractivity contribution in [1.29, 1.82) is 0 Å². The van der Waals surface area contributed by atoms with Gasteiger partial charge in [-0.3, -0.25) is 5.32 Å². The molecule has 1 aliphatic rings. The summed E-state index contributed by atoms with van der Waals surface area (Å²) in [5.74, 6) is -0.866. The molecule has 1 aromatic rings. The van der Waals surface area contributed by atoms with Gasteiger partial charge in [-0.2, -0.15) is 0 Å². The zero-order chi connectivity index (χ0) is 15.2. The molecule has 1 aliphatic heterocycles. The van der Waals surface area contributed by atoms with Crippen molar-refractivity contribution >= 4 is 17.6 Å². The molecule has 1 N–H and O–H groups in total. The molecule has 4 nitrogen and oxygen atoms in total. The Hall–Kier alpha value is -1.17. The fourth-order valence-corrected chi connectivity index (χ4v) is 2.61. The van der Waals surface area contributed by atoms with Crippen LogP contribution in [0.15, 0.2) is 18.2 Å². The van der Waals surface area contributed by atoms with Crippen molar-refractivity contribution in [3.05, 3.63) is 34.6 Å². The summed E-state index contributed by atoms with van der Waals surface area (Å²) < 4.78 is 23.7. The fraction of sp³-hybridized carbons (Fsp3) is 0.533. The number of halogens is 2. The normalized spacial score (nSPS) is 19.5. The van der Waals surface area contributed by atoms with Crippen LogP contribution in [0.5, 0.6) is 0 Å². The van der Waals surface area contributed by atoms with Crippen LogP contribution in [0.3, 0.4) is 0 Å². The van der Waals surface area contributed by atoms with Gasteiger partial charge in [0.1, 0.15) is 11.9 Å². The third-order valence-corrected chi connectivity index (χ3v) is 3.70. The Bertz CT molecular complexity index is 492. The molecule has 2 rings (SSSR count). The van der Waals surface area contributed by atoms with Gasteiger partial charge >= 0.3 is 5.97 Å². The van der Waals surface area contributed by atoms with Crippen LogP contribution >= 0.6 is 11.6 Å². The third kappa shape index (κ3) is 4.40. The van der Waals surface area contributed by atoms with Crippen LogP contribution in [0.1, 0.15) is 31.4 Å². The van der Waals surface area contributed by atoms with Crippen LogP contribution < -0.4 is 5.32 Å². The molecule has 0 aromatic heterocycles. The second kappa shape index (κ2) is 7.73. The molecule has 2 atom stereocenters. The van der Waals surface area contributed by atoms with Crippen molar-refractivity contribution in [1.82, 2.24) is 5.32 Å². The predicted octanol–water partition coefficient (Wildman–Crippen LogP) is 2.85. The smallest absolute Gasteiger partial charge is 0.327 e. The Kier molecular flexibility index (Phi) is 5.96. The van der Waals surface area contributed by atoms with Gasteiger partial charge in [-0.1, -0.05) is 17.7 Å². The van der Waals surface area contributed by atoms with Gasteiger partial charge in [-0.25, -0.2) is 9.18 Å². The number of carbonyl (C=O) groups is 1. The molecule has 21 heavy (non-hydrogen) atoms. The summed E-state index contributed by atoms with van der Waals surface area (Å²) in [4.78, 5) is 12.1. The first-order valence-electron chi connectivity index (χ1n) is 7.08. The second-order valence-electron chi connectivity index (χ2n) is 4.89. The van der Waals surface area contributed by atoms with E-state index in [2.05, 4.69) is 5.32 Å². The Morgan fingerprint density at radius 3 is 3.05 bits per heavy atom. The number of hydrogen-bond acceptors (Lipinski definition) is 4. The Labute approximate surface area is 128 Å². The molecular weight excluding hydrogens is 297 g/mol. The van der Waals surface area contributed by atoms with E-state index < -0.39 is 17.8 Å². The Morgan fingerprint density at radius 2 is 2.43 bits per heavy atom. The van der Waals surface area contributed by atoms with Gasteiger partial charge in [-0.05, 0) is 37.5 Å². The first kappa shape index (κ1) is 16.2. The maximum absolute atomic E-state index is 13.2. The van der Waals surface area contributed by atoms with E-state index in [0.29, 0.717) is 12.1 Å². The Balaban J connectivity index is 2.12. The van der Waals surface area contributed by atoms with E-state index in [1.54, 1.807) is 6.92 Å². The van der Waals surface area contributed by atoms with Crippen molar-refractivity contribution in [3.8, 4) is 0 Å². The lowest BCUT2D eigenvalue weighted by Crippen LogP contribution is -2.35. The van der Waals surface area contributed by atoms with Crippen LogP contribution in [0.25, 0.3) is 0 Å². The number of hydrogen-bond donors (Lipinski definition) is 1. The standard InChI is InChI=1S/C15H19ClFNO3/c1-2-20-15(19)14(18-9-11-4-3-7-21-11)12-6-5-10(17)8-13(12)16/h5-6,8,11,14,18H,2-4,7,9H2,1H3. The highest BCUT2D eigenvalue weighted by atomic mass is 35.5. The molecular formula is C15H19ClFNO3. The van der Waals surface area contributed by atoms with Crippen molar-refractivity contribution in [2.24, 2.45) is 0 Å². The summed E-state index contributed by atoms with van der Waals surface area (Å²) in [5, 5.41) is 3.32. The van der Waals surface area contributed by atoms with Crippen molar-refractivity contribution < 1.29 is 18.7 Å². The van der Waals surface area contributed by atoms with E-state index in [1.807, 2.05) is 0 Å². The van der Waals surface area contributed by atoms with E-state index in [0.717, 1.165) is 19.4 Å². The van der Waals surface area contributed by atoms with Gasteiger partial charge < -0.3 is 9.47 Å². The quantitative estimate of drug-likeness (QED) is 0.820. The SMILES string of the molecule is CCOC(=O)C(NCC1CCCO1)c1ccc(F)cc1Cl. The van der Waals surface area contributed by atoms with Gasteiger partial charge in [0.25, 0.3) is 0 Å². The molecule has 6 heteroatoms. The monoisotopic (exact) mass is 315 g/mol. The highest BCUT2D eigenvalue weighted by molar-refractivity contribution is 6.31. The van der Waals surface area contributed by atoms with E-state index >= 15 is 0 Å². The summed E-state index contributed by atoms with van der Waals surface area (Å²) in [7, 11) is 0. The summed E-state index contributed by atoms with van der Waals surface area (Å²) in [6.45, 7) is 3.28. The molecule has 1 aromatic carbocycles. The average Bonchev–Trinajstić information content (AvgIpc) is 2.94. The lowest BCUT2D eigenvalue weighted by Gasteiger charge is -2.20.